The van der Waals surface area contributed by atoms with E-state index < -0.39 is 0 Å². The molecular weight excluding hydrogens is 170 g/mol. The van der Waals surface area contributed by atoms with Gasteiger partial charge >= 0.3 is 0 Å². The van der Waals surface area contributed by atoms with Gasteiger partial charge in [-0.05, 0) is 23.3 Å². The Morgan fingerprint density at radius 2 is 1.79 bits per heavy atom. The number of nitrogen functional groups attached to an aromatic ring is 1. The van der Waals surface area contributed by atoms with Gasteiger partial charge < -0.3 is 5.73 Å². The monoisotopic (exact) mass is 182 g/mol. The standard InChI is InChI=1S/C13H12N/c14-13-9-5-4-8-12(13)10-11-6-2-1-3-7-11/h1-6,8-9H,10,14H2. The van der Waals surface area contributed by atoms with Crippen molar-refractivity contribution >= 4 is 5.69 Å². The van der Waals surface area contributed by atoms with E-state index >= 15 is 0 Å². The van der Waals surface area contributed by atoms with E-state index in [0.717, 1.165) is 17.7 Å². The van der Waals surface area contributed by atoms with Gasteiger partial charge in [-0.1, -0.05) is 42.5 Å². The first kappa shape index (κ1) is 8.82. The Morgan fingerprint density at radius 3 is 2.50 bits per heavy atom. The molecule has 0 aliphatic heterocycles. The molecular formula is C13H12N. The third kappa shape index (κ3) is 1.94. The van der Waals surface area contributed by atoms with E-state index in [4.69, 9.17) is 5.73 Å². The molecule has 69 valence electrons. The highest BCUT2D eigenvalue weighted by Gasteiger charge is 1.98. The minimum atomic E-state index is 0.852. The molecule has 1 nitrogen and oxygen atoms in total. The van der Waals surface area contributed by atoms with Crippen LogP contribution in [0.15, 0.2) is 48.5 Å². The smallest absolute Gasteiger partial charge is 0.0349 e. The van der Waals surface area contributed by atoms with Crippen LogP contribution in [0.1, 0.15) is 11.1 Å². The fraction of sp³-hybridized carbons (Fsp3) is 0.0769. The highest BCUT2D eigenvalue weighted by molar-refractivity contribution is 5.48. The predicted octanol–water partition coefficient (Wildman–Crippen LogP) is 2.66. The van der Waals surface area contributed by atoms with Crippen LogP contribution in [0.3, 0.4) is 0 Å². The van der Waals surface area contributed by atoms with Crippen LogP contribution in [0.2, 0.25) is 0 Å². The van der Waals surface area contributed by atoms with Crippen molar-refractivity contribution in [3.63, 3.8) is 0 Å². The van der Waals surface area contributed by atoms with Gasteiger partial charge in [0, 0.05) is 12.1 Å². The zero-order valence-corrected chi connectivity index (χ0v) is 7.90. The molecule has 0 saturated carbocycles. The van der Waals surface area contributed by atoms with Crippen LogP contribution in [0.4, 0.5) is 5.69 Å². The second-order valence-corrected chi connectivity index (χ2v) is 3.26. The van der Waals surface area contributed by atoms with Crippen molar-refractivity contribution in [3.05, 3.63) is 65.7 Å². The average Bonchev–Trinajstić information content (AvgIpc) is 2.23. The normalized spacial score (nSPS) is 10.0. The van der Waals surface area contributed by atoms with Gasteiger partial charge in [0.1, 0.15) is 0 Å². The summed E-state index contributed by atoms with van der Waals surface area (Å²) in [6.07, 6.45) is 0.855. The fourth-order valence-electron chi connectivity index (χ4n) is 1.44. The van der Waals surface area contributed by atoms with E-state index in [-0.39, 0.29) is 0 Å². The second kappa shape index (κ2) is 3.97. The maximum atomic E-state index is 5.85. The molecule has 0 unspecified atom stereocenters. The van der Waals surface area contributed by atoms with Gasteiger partial charge in [-0.2, -0.15) is 0 Å². The summed E-state index contributed by atoms with van der Waals surface area (Å²) < 4.78 is 0. The Morgan fingerprint density at radius 1 is 1.00 bits per heavy atom. The molecule has 0 fully saturated rings. The highest BCUT2D eigenvalue weighted by Crippen LogP contribution is 2.15. The Hall–Kier alpha value is -1.76. The number of benzene rings is 2. The summed E-state index contributed by atoms with van der Waals surface area (Å²) >= 11 is 0. The van der Waals surface area contributed by atoms with Crippen molar-refractivity contribution in [2.24, 2.45) is 0 Å². The first-order chi connectivity index (χ1) is 6.86. The van der Waals surface area contributed by atoms with E-state index in [2.05, 4.69) is 18.2 Å². The van der Waals surface area contributed by atoms with Crippen LogP contribution < -0.4 is 5.73 Å². The Balaban J connectivity index is 2.24. The van der Waals surface area contributed by atoms with Crippen molar-refractivity contribution in [2.75, 3.05) is 5.73 Å². The van der Waals surface area contributed by atoms with Gasteiger partial charge in [0.15, 0.2) is 0 Å². The molecule has 0 aliphatic rings. The number of rotatable bonds is 2. The van der Waals surface area contributed by atoms with Crippen LogP contribution in [0, 0.1) is 6.07 Å². The minimum absolute atomic E-state index is 0.852. The molecule has 0 bridgehead atoms. The van der Waals surface area contributed by atoms with Gasteiger partial charge in [0.05, 0.1) is 0 Å². The van der Waals surface area contributed by atoms with Crippen LogP contribution in [0.5, 0.6) is 0 Å². The van der Waals surface area contributed by atoms with E-state index in [1.165, 1.54) is 5.56 Å². The molecule has 2 N–H and O–H groups in total. The van der Waals surface area contributed by atoms with Gasteiger partial charge in [-0.25, -0.2) is 0 Å². The van der Waals surface area contributed by atoms with Crippen molar-refractivity contribution in [1.29, 1.82) is 0 Å². The summed E-state index contributed by atoms with van der Waals surface area (Å²) in [6, 6.07) is 19.1. The number of anilines is 1. The van der Waals surface area contributed by atoms with Crippen LogP contribution in [0.25, 0.3) is 0 Å². The van der Waals surface area contributed by atoms with Gasteiger partial charge in [0.2, 0.25) is 0 Å². The number of hydrogen-bond acceptors (Lipinski definition) is 1. The lowest BCUT2D eigenvalue weighted by Crippen LogP contribution is -1.94. The molecule has 0 aliphatic carbocycles. The summed E-state index contributed by atoms with van der Waals surface area (Å²) in [5.41, 5.74) is 9.04. The van der Waals surface area contributed by atoms with E-state index in [9.17, 15) is 0 Å². The van der Waals surface area contributed by atoms with Crippen molar-refractivity contribution < 1.29 is 0 Å². The van der Waals surface area contributed by atoms with Crippen LogP contribution in [-0.2, 0) is 6.42 Å². The highest BCUT2D eigenvalue weighted by atomic mass is 14.6. The topological polar surface area (TPSA) is 26.0 Å². The van der Waals surface area contributed by atoms with E-state index in [1.807, 2.05) is 36.4 Å². The molecule has 14 heavy (non-hydrogen) atoms. The third-order valence-corrected chi connectivity index (χ3v) is 2.21. The summed E-state index contributed by atoms with van der Waals surface area (Å²) in [5, 5.41) is 0. The molecule has 1 heteroatoms. The molecule has 0 atom stereocenters. The number of para-hydroxylation sites is 1. The van der Waals surface area contributed by atoms with E-state index in [0.29, 0.717) is 0 Å². The maximum Gasteiger partial charge on any atom is 0.0349 e. The van der Waals surface area contributed by atoms with Gasteiger partial charge in [0.25, 0.3) is 0 Å². The lowest BCUT2D eigenvalue weighted by Gasteiger charge is -2.04. The van der Waals surface area contributed by atoms with Crippen molar-refractivity contribution in [3.8, 4) is 0 Å². The summed E-state index contributed by atoms with van der Waals surface area (Å²) in [6.45, 7) is 0. The van der Waals surface area contributed by atoms with Crippen molar-refractivity contribution in [1.82, 2.24) is 0 Å². The van der Waals surface area contributed by atoms with Gasteiger partial charge in [-0.15, -0.1) is 0 Å². The molecule has 2 aromatic carbocycles. The minimum Gasteiger partial charge on any atom is -0.398 e. The maximum absolute atomic E-state index is 5.85. The quantitative estimate of drug-likeness (QED) is 0.710. The Kier molecular flexibility index (Phi) is 2.50. The Labute approximate surface area is 84.2 Å². The second-order valence-electron chi connectivity index (χ2n) is 3.26. The van der Waals surface area contributed by atoms with Crippen molar-refractivity contribution in [2.45, 2.75) is 6.42 Å². The average molecular weight is 182 g/mol. The lowest BCUT2D eigenvalue weighted by atomic mass is 10.0. The zero-order chi connectivity index (χ0) is 9.80. The van der Waals surface area contributed by atoms with Gasteiger partial charge in [-0.3, -0.25) is 0 Å². The molecule has 0 amide bonds. The SMILES string of the molecule is Nc1ccccc1Cc1[c]cccc1. The zero-order valence-electron chi connectivity index (χ0n) is 7.90. The largest absolute Gasteiger partial charge is 0.398 e. The molecule has 0 heterocycles. The van der Waals surface area contributed by atoms with Crippen LogP contribution in [-0.4, -0.2) is 0 Å². The lowest BCUT2D eigenvalue weighted by molar-refractivity contribution is 1.19. The number of hydrogen-bond donors (Lipinski definition) is 1. The fourth-order valence-corrected chi connectivity index (χ4v) is 1.44. The van der Waals surface area contributed by atoms with E-state index in [1.54, 1.807) is 0 Å². The third-order valence-electron chi connectivity index (χ3n) is 2.21. The Bertz CT molecular complexity index is 407. The summed E-state index contributed by atoms with van der Waals surface area (Å²) in [7, 11) is 0. The first-order valence-electron chi connectivity index (χ1n) is 4.65. The summed E-state index contributed by atoms with van der Waals surface area (Å²) in [5.74, 6) is 0. The molecule has 2 aromatic rings. The molecule has 2 rings (SSSR count). The molecule has 0 aromatic heterocycles. The first-order valence-corrected chi connectivity index (χ1v) is 4.65. The molecule has 0 saturated heterocycles. The molecule has 1 radical (unpaired) electrons. The summed E-state index contributed by atoms with van der Waals surface area (Å²) in [4.78, 5) is 0. The predicted molar refractivity (Wildman–Crippen MR) is 58.9 cm³/mol. The molecule has 0 spiro atoms. The van der Waals surface area contributed by atoms with Crippen LogP contribution >= 0.6 is 0 Å². The number of nitrogens with two attached hydrogens (primary N) is 1.